The van der Waals surface area contributed by atoms with Gasteiger partial charge < -0.3 is 9.73 Å². The fourth-order valence-electron chi connectivity index (χ4n) is 3.80. The predicted octanol–water partition coefficient (Wildman–Crippen LogP) is 6.26. The van der Waals surface area contributed by atoms with Crippen molar-refractivity contribution in [1.82, 2.24) is 4.57 Å². The van der Waals surface area contributed by atoms with Crippen LogP contribution in [0.15, 0.2) is 94.1 Å². The van der Waals surface area contributed by atoms with Gasteiger partial charge in [-0.25, -0.2) is 0 Å². The molecule has 0 aliphatic heterocycles. The average molecular weight is 593 g/mol. The number of aromatic nitrogens is 1. The number of nitriles is 1. The van der Waals surface area contributed by atoms with E-state index in [2.05, 4.69) is 5.32 Å². The first kappa shape index (κ1) is 26.5. The van der Waals surface area contributed by atoms with Gasteiger partial charge in [0.25, 0.3) is 11.5 Å². The number of halogens is 3. The first-order valence-electron chi connectivity index (χ1n) is 11.4. The molecule has 0 radical (unpaired) electrons. The van der Waals surface area contributed by atoms with E-state index in [1.165, 1.54) is 4.57 Å². The number of nitrogens with one attached hydrogen (secondary N) is 1. The van der Waals surface area contributed by atoms with Crippen LogP contribution in [-0.4, -0.2) is 10.5 Å². The molecular formula is C29H16Cl3N3O3S. The van der Waals surface area contributed by atoms with Crippen LogP contribution in [0, 0.1) is 11.3 Å². The molecule has 1 N–H and O–H groups in total. The van der Waals surface area contributed by atoms with Gasteiger partial charge in [-0.3, -0.25) is 14.2 Å². The normalized spacial score (nSPS) is 12.2. The topological polar surface area (TPSA) is 88.0 Å². The molecule has 10 heteroatoms. The molecule has 39 heavy (non-hydrogen) atoms. The molecule has 0 spiro atoms. The van der Waals surface area contributed by atoms with Crippen LogP contribution in [0.25, 0.3) is 28.7 Å². The lowest BCUT2D eigenvalue weighted by Gasteiger charge is -2.07. The van der Waals surface area contributed by atoms with Gasteiger partial charge in [0.1, 0.15) is 22.3 Å². The maximum Gasteiger partial charge on any atom is 0.273 e. The van der Waals surface area contributed by atoms with Gasteiger partial charge in [-0.15, -0.1) is 11.3 Å². The summed E-state index contributed by atoms with van der Waals surface area (Å²) < 4.78 is 7.69. The molecule has 192 valence electrons. The van der Waals surface area contributed by atoms with Crippen LogP contribution < -0.4 is 20.1 Å². The second-order valence-corrected chi connectivity index (χ2v) is 10.3. The van der Waals surface area contributed by atoms with Crippen molar-refractivity contribution >= 4 is 69.4 Å². The van der Waals surface area contributed by atoms with E-state index < -0.39 is 11.5 Å². The number of furan rings is 1. The van der Waals surface area contributed by atoms with Gasteiger partial charge in [0, 0.05) is 11.6 Å². The van der Waals surface area contributed by atoms with Crippen molar-refractivity contribution in [2.24, 2.45) is 0 Å². The van der Waals surface area contributed by atoms with E-state index in [0.717, 1.165) is 11.3 Å². The number of nitrogens with zero attached hydrogens (tertiary/aromatic N) is 2. The smallest absolute Gasteiger partial charge is 0.273 e. The van der Waals surface area contributed by atoms with Crippen LogP contribution in [-0.2, 0) is 4.79 Å². The Labute approximate surface area is 241 Å². The lowest BCUT2D eigenvalue weighted by Crippen LogP contribution is -2.32. The molecule has 5 rings (SSSR count). The van der Waals surface area contributed by atoms with Gasteiger partial charge in [0.15, 0.2) is 5.57 Å². The SMILES string of the molecule is N#CC(C(=O)Nc1ccccc1Cl)=c1sc(=Cc2ccc(-c3cccc(Cl)c3Cl)o2)c(=O)n1-c1ccccc1. The molecule has 3 aromatic carbocycles. The Balaban J connectivity index is 1.67. The summed E-state index contributed by atoms with van der Waals surface area (Å²) in [7, 11) is 0. The van der Waals surface area contributed by atoms with Gasteiger partial charge in [-0.05, 0) is 48.5 Å². The molecule has 0 saturated heterocycles. The second kappa shape index (κ2) is 11.4. The molecule has 5 aromatic rings. The zero-order valence-electron chi connectivity index (χ0n) is 19.8. The molecule has 2 heterocycles. The maximum absolute atomic E-state index is 13.6. The van der Waals surface area contributed by atoms with Crippen LogP contribution in [0.2, 0.25) is 15.1 Å². The number of hydrogen-bond acceptors (Lipinski definition) is 5. The lowest BCUT2D eigenvalue weighted by molar-refractivity contribution is -0.111. The molecule has 0 aliphatic carbocycles. The highest BCUT2D eigenvalue weighted by Gasteiger charge is 2.18. The number of amides is 1. The van der Waals surface area contributed by atoms with E-state index in [1.807, 2.05) is 6.07 Å². The Morgan fingerprint density at radius 1 is 0.923 bits per heavy atom. The number of hydrogen-bond donors (Lipinski definition) is 1. The van der Waals surface area contributed by atoms with E-state index in [0.29, 0.717) is 43.5 Å². The summed E-state index contributed by atoms with van der Waals surface area (Å²) in [6.07, 6.45) is 1.55. The molecule has 0 bridgehead atoms. The van der Waals surface area contributed by atoms with Crippen LogP contribution in [0.5, 0.6) is 0 Å². The summed E-state index contributed by atoms with van der Waals surface area (Å²) in [4.78, 5) is 26.8. The predicted molar refractivity (Wildman–Crippen MR) is 156 cm³/mol. The molecular weight excluding hydrogens is 577 g/mol. The highest BCUT2D eigenvalue weighted by molar-refractivity contribution is 7.07. The van der Waals surface area contributed by atoms with Crippen molar-refractivity contribution in [1.29, 1.82) is 5.26 Å². The zero-order valence-corrected chi connectivity index (χ0v) is 22.9. The van der Waals surface area contributed by atoms with E-state index >= 15 is 0 Å². The standard InChI is InChI=1S/C29H16Cl3N3O3S/c30-21-10-4-5-12-23(21)34-27(36)20(16-33)29-35(17-7-2-1-3-8-17)28(37)25(39-29)15-18-13-14-24(38-18)19-9-6-11-22(31)26(19)32/h1-15H,(H,34,36). The van der Waals surface area contributed by atoms with Crippen LogP contribution in [0.3, 0.4) is 0 Å². The summed E-state index contributed by atoms with van der Waals surface area (Å²) in [6, 6.07) is 26.0. The minimum absolute atomic E-state index is 0.161. The van der Waals surface area contributed by atoms with Gasteiger partial charge in [0.2, 0.25) is 0 Å². The Morgan fingerprint density at radius 3 is 2.38 bits per heavy atom. The number of para-hydroxylation sites is 2. The zero-order chi connectivity index (χ0) is 27.5. The fourth-order valence-corrected chi connectivity index (χ4v) is 5.46. The monoisotopic (exact) mass is 591 g/mol. The molecule has 0 atom stereocenters. The first-order valence-corrected chi connectivity index (χ1v) is 13.4. The largest absolute Gasteiger partial charge is 0.457 e. The van der Waals surface area contributed by atoms with E-state index in [4.69, 9.17) is 39.2 Å². The van der Waals surface area contributed by atoms with Gasteiger partial charge >= 0.3 is 0 Å². The van der Waals surface area contributed by atoms with E-state index in [9.17, 15) is 14.9 Å². The summed E-state index contributed by atoms with van der Waals surface area (Å²) in [6.45, 7) is 0. The van der Waals surface area contributed by atoms with Crippen molar-refractivity contribution in [3.8, 4) is 23.1 Å². The number of thiazole rings is 1. The van der Waals surface area contributed by atoms with E-state index in [-0.39, 0.29) is 14.8 Å². The minimum Gasteiger partial charge on any atom is -0.457 e. The quantitative estimate of drug-likeness (QED) is 0.261. The van der Waals surface area contributed by atoms with Crippen molar-refractivity contribution in [2.45, 2.75) is 0 Å². The van der Waals surface area contributed by atoms with Crippen molar-refractivity contribution in [2.75, 3.05) is 5.32 Å². The van der Waals surface area contributed by atoms with Crippen LogP contribution in [0.1, 0.15) is 5.76 Å². The Morgan fingerprint density at radius 2 is 1.64 bits per heavy atom. The van der Waals surface area contributed by atoms with Crippen LogP contribution in [0.4, 0.5) is 5.69 Å². The fraction of sp³-hybridized carbons (Fsp3) is 0. The highest BCUT2D eigenvalue weighted by atomic mass is 35.5. The molecule has 2 aromatic heterocycles. The average Bonchev–Trinajstić information content (AvgIpc) is 3.52. The number of anilines is 1. The summed E-state index contributed by atoms with van der Waals surface area (Å²) >= 11 is 19.6. The lowest BCUT2D eigenvalue weighted by atomic mass is 10.2. The molecule has 0 saturated carbocycles. The molecule has 6 nitrogen and oxygen atoms in total. The summed E-state index contributed by atoms with van der Waals surface area (Å²) in [5.74, 6) is 0.154. The minimum atomic E-state index is -0.695. The number of benzene rings is 3. The third-order valence-electron chi connectivity index (χ3n) is 5.63. The second-order valence-electron chi connectivity index (χ2n) is 8.12. The number of rotatable bonds is 5. The maximum atomic E-state index is 13.6. The highest BCUT2D eigenvalue weighted by Crippen LogP contribution is 2.34. The van der Waals surface area contributed by atoms with Gasteiger partial charge in [0.05, 0.1) is 31.0 Å². The molecule has 1 amide bonds. The first-order chi connectivity index (χ1) is 18.9. The summed E-state index contributed by atoms with van der Waals surface area (Å²) in [5.41, 5.74) is 0.785. The van der Waals surface area contributed by atoms with Crippen LogP contribution >= 0.6 is 46.1 Å². The van der Waals surface area contributed by atoms with E-state index in [1.54, 1.807) is 91.0 Å². The number of carbonyl (C=O) groups is 1. The Kier molecular flexibility index (Phi) is 7.73. The Hall–Kier alpha value is -4.06. The third kappa shape index (κ3) is 5.42. The third-order valence-corrected chi connectivity index (χ3v) is 7.87. The molecule has 0 fully saturated rings. The van der Waals surface area contributed by atoms with Crippen molar-refractivity contribution in [3.63, 3.8) is 0 Å². The number of carbonyl (C=O) groups excluding carboxylic acids is 1. The molecule has 0 aliphatic rings. The van der Waals surface area contributed by atoms with Gasteiger partial charge in [-0.1, -0.05) is 71.2 Å². The summed E-state index contributed by atoms with van der Waals surface area (Å²) in [5, 5.41) is 13.7. The van der Waals surface area contributed by atoms with Gasteiger partial charge in [-0.2, -0.15) is 5.26 Å². The van der Waals surface area contributed by atoms with Crippen molar-refractivity contribution < 1.29 is 9.21 Å². The van der Waals surface area contributed by atoms with Crippen molar-refractivity contribution in [3.05, 3.63) is 125 Å². The Bertz CT molecular complexity index is 1940. The molecule has 0 unspecified atom stereocenters.